The number of hydrogen-bond donors (Lipinski definition) is 2. The zero-order chi connectivity index (χ0) is 15.7. The normalized spacial score (nSPS) is 10.6. The highest BCUT2D eigenvalue weighted by Gasteiger charge is 2.14. The van der Waals surface area contributed by atoms with E-state index in [1.807, 2.05) is 18.7 Å². The van der Waals surface area contributed by atoms with Crippen LogP contribution in [0.15, 0.2) is 12.1 Å². The summed E-state index contributed by atoms with van der Waals surface area (Å²) < 4.78 is 10.7. The molecule has 7 heteroatoms. The predicted octanol–water partition coefficient (Wildman–Crippen LogP) is 0.642. The zero-order valence-corrected chi connectivity index (χ0v) is 12.7. The highest BCUT2D eigenvalue weighted by molar-refractivity contribution is 5.91. The van der Waals surface area contributed by atoms with Crippen LogP contribution in [0.2, 0.25) is 0 Å². The number of carbonyl (C=O) groups is 1. The maximum absolute atomic E-state index is 11.3. The first-order chi connectivity index (χ1) is 10.1. The van der Waals surface area contributed by atoms with Crippen LogP contribution in [0.3, 0.4) is 0 Å². The summed E-state index contributed by atoms with van der Waals surface area (Å²) in [5, 5.41) is 0. The van der Waals surface area contributed by atoms with Crippen LogP contribution >= 0.6 is 0 Å². The van der Waals surface area contributed by atoms with Crippen molar-refractivity contribution >= 4 is 17.4 Å². The minimum atomic E-state index is -0.578. The van der Waals surface area contributed by atoms with Gasteiger partial charge in [0.1, 0.15) is 5.69 Å². The Balaban J connectivity index is 2.88. The van der Waals surface area contributed by atoms with Crippen LogP contribution in [-0.2, 0) is 9.47 Å². The third kappa shape index (κ3) is 5.57. The van der Waals surface area contributed by atoms with Crippen molar-refractivity contribution in [3.05, 3.63) is 17.8 Å². The lowest BCUT2D eigenvalue weighted by molar-refractivity contribution is 0.0995. The molecule has 0 radical (unpaired) electrons. The van der Waals surface area contributed by atoms with E-state index in [0.29, 0.717) is 51.0 Å². The largest absolute Gasteiger partial charge is 0.396 e. The van der Waals surface area contributed by atoms with Crippen LogP contribution in [-0.4, -0.2) is 50.4 Å². The van der Waals surface area contributed by atoms with Crippen LogP contribution in [0.1, 0.15) is 24.3 Å². The minimum absolute atomic E-state index is 0.192. The molecule has 0 aliphatic rings. The topological polar surface area (TPSA) is 104 Å². The molecule has 0 aromatic carbocycles. The SMILES string of the molecule is CCOCCN(CCOCC)c1nc(C(N)=O)ccc1N. The van der Waals surface area contributed by atoms with E-state index in [1.165, 1.54) is 6.07 Å². The van der Waals surface area contributed by atoms with E-state index in [2.05, 4.69) is 4.98 Å². The molecule has 0 bridgehead atoms. The summed E-state index contributed by atoms with van der Waals surface area (Å²) in [4.78, 5) is 17.4. The molecular formula is C14H24N4O3. The molecule has 1 aromatic heterocycles. The van der Waals surface area contributed by atoms with Crippen LogP contribution < -0.4 is 16.4 Å². The second kappa shape index (κ2) is 9.15. The van der Waals surface area contributed by atoms with Gasteiger partial charge in [-0.1, -0.05) is 0 Å². The van der Waals surface area contributed by atoms with Crippen molar-refractivity contribution < 1.29 is 14.3 Å². The van der Waals surface area contributed by atoms with Gasteiger partial charge in [0.05, 0.1) is 18.9 Å². The number of nitrogens with two attached hydrogens (primary N) is 2. The number of primary amides is 1. The number of nitrogen functional groups attached to an aromatic ring is 1. The van der Waals surface area contributed by atoms with Gasteiger partial charge < -0.3 is 25.8 Å². The van der Waals surface area contributed by atoms with Gasteiger partial charge in [-0.15, -0.1) is 0 Å². The van der Waals surface area contributed by atoms with E-state index in [1.54, 1.807) is 6.07 Å². The van der Waals surface area contributed by atoms with Crippen LogP contribution in [0, 0.1) is 0 Å². The molecule has 1 amide bonds. The molecule has 0 unspecified atom stereocenters. The highest BCUT2D eigenvalue weighted by Crippen LogP contribution is 2.20. The average molecular weight is 296 g/mol. The van der Waals surface area contributed by atoms with E-state index in [9.17, 15) is 4.79 Å². The molecule has 0 saturated heterocycles. The maximum Gasteiger partial charge on any atom is 0.267 e. The molecular weight excluding hydrogens is 272 g/mol. The van der Waals surface area contributed by atoms with Crippen molar-refractivity contribution in [2.45, 2.75) is 13.8 Å². The molecule has 21 heavy (non-hydrogen) atoms. The van der Waals surface area contributed by atoms with E-state index < -0.39 is 5.91 Å². The summed E-state index contributed by atoms with van der Waals surface area (Å²) >= 11 is 0. The summed E-state index contributed by atoms with van der Waals surface area (Å²) in [6, 6.07) is 3.15. The summed E-state index contributed by atoms with van der Waals surface area (Å²) in [6.45, 7) is 7.47. The lowest BCUT2D eigenvalue weighted by Crippen LogP contribution is -2.33. The number of nitrogens with zero attached hydrogens (tertiary/aromatic N) is 2. The summed E-state index contributed by atoms with van der Waals surface area (Å²) in [7, 11) is 0. The molecule has 1 aromatic rings. The summed E-state index contributed by atoms with van der Waals surface area (Å²) in [6.07, 6.45) is 0. The lowest BCUT2D eigenvalue weighted by Gasteiger charge is -2.25. The second-order valence-electron chi connectivity index (χ2n) is 4.35. The smallest absolute Gasteiger partial charge is 0.267 e. The Morgan fingerprint density at radius 1 is 1.19 bits per heavy atom. The van der Waals surface area contributed by atoms with Crippen molar-refractivity contribution in [3.63, 3.8) is 0 Å². The standard InChI is InChI=1S/C14H24N4O3/c1-3-20-9-7-18(8-10-21-4-2)14-11(15)5-6-12(17-14)13(16)19/h5-6H,3-4,7-10,15H2,1-2H3,(H2,16,19). The lowest BCUT2D eigenvalue weighted by atomic mass is 10.3. The molecule has 0 aliphatic carbocycles. The van der Waals surface area contributed by atoms with Crippen LogP contribution in [0.4, 0.5) is 11.5 Å². The molecule has 118 valence electrons. The van der Waals surface area contributed by atoms with Crippen molar-refractivity contribution in [1.29, 1.82) is 0 Å². The fourth-order valence-corrected chi connectivity index (χ4v) is 1.81. The van der Waals surface area contributed by atoms with Gasteiger partial charge in [0.2, 0.25) is 0 Å². The number of amides is 1. The van der Waals surface area contributed by atoms with Gasteiger partial charge in [-0.3, -0.25) is 4.79 Å². The highest BCUT2D eigenvalue weighted by atomic mass is 16.5. The number of anilines is 2. The third-order valence-electron chi connectivity index (χ3n) is 2.88. The van der Waals surface area contributed by atoms with E-state index >= 15 is 0 Å². The van der Waals surface area contributed by atoms with Crippen LogP contribution in [0.25, 0.3) is 0 Å². The molecule has 1 rings (SSSR count). The molecule has 7 nitrogen and oxygen atoms in total. The Morgan fingerprint density at radius 3 is 2.24 bits per heavy atom. The Kier molecular flexibility index (Phi) is 7.49. The first-order valence-electron chi connectivity index (χ1n) is 7.06. The van der Waals surface area contributed by atoms with Crippen molar-refractivity contribution in [3.8, 4) is 0 Å². The van der Waals surface area contributed by atoms with E-state index in [0.717, 1.165) is 0 Å². The van der Waals surface area contributed by atoms with Gasteiger partial charge in [0, 0.05) is 26.3 Å². The van der Waals surface area contributed by atoms with Crippen LogP contribution in [0.5, 0.6) is 0 Å². The molecule has 0 aliphatic heterocycles. The number of hydrogen-bond acceptors (Lipinski definition) is 6. The first-order valence-corrected chi connectivity index (χ1v) is 7.06. The second-order valence-corrected chi connectivity index (χ2v) is 4.35. The maximum atomic E-state index is 11.3. The molecule has 0 fully saturated rings. The molecule has 4 N–H and O–H groups in total. The number of rotatable bonds is 10. The van der Waals surface area contributed by atoms with Crippen molar-refractivity contribution in [1.82, 2.24) is 4.98 Å². The minimum Gasteiger partial charge on any atom is -0.396 e. The monoisotopic (exact) mass is 296 g/mol. The molecule has 0 saturated carbocycles. The molecule has 0 spiro atoms. The fraction of sp³-hybridized carbons (Fsp3) is 0.571. The number of pyridine rings is 1. The number of carbonyl (C=O) groups excluding carboxylic acids is 1. The Labute approximate surface area is 125 Å². The Bertz CT molecular complexity index is 444. The van der Waals surface area contributed by atoms with Gasteiger partial charge in [0.25, 0.3) is 5.91 Å². The van der Waals surface area contributed by atoms with Gasteiger partial charge in [-0.2, -0.15) is 0 Å². The van der Waals surface area contributed by atoms with Crippen molar-refractivity contribution in [2.24, 2.45) is 5.73 Å². The van der Waals surface area contributed by atoms with Crippen molar-refractivity contribution in [2.75, 3.05) is 50.2 Å². The van der Waals surface area contributed by atoms with E-state index in [-0.39, 0.29) is 5.69 Å². The fourth-order valence-electron chi connectivity index (χ4n) is 1.81. The van der Waals surface area contributed by atoms with Gasteiger partial charge in [-0.25, -0.2) is 4.98 Å². The Morgan fingerprint density at radius 2 is 1.76 bits per heavy atom. The summed E-state index contributed by atoms with van der Waals surface area (Å²) in [5.41, 5.74) is 11.9. The van der Waals surface area contributed by atoms with Gasteiger partial charge >= 0.3 is 0 Å². The number of ether oxygens (including phenoxy) is 2. The quantitative estimate of drug-likeness (QED) is 0.614. The first kappa shape index (κ1) is 17.2. The molecule has 0 atom stereocenters. The number of aromatic nitrogens is 1. The average Bonchev–Trinajstić information content (AvgIpc) is 2.46. The van der Waals surface area contributed by atoms with Gasteiger partial charge in [-0.05, 0) is 26.0 Å². The van der Waals surface area contributed by atoms with Gasteiger partial charge in [0.15, 0.2) is 5.82 Å². The predicted molar refractivity (Wildman–Crippen MR) is 82.4 cm³/mol. The zero-order valence-electron chi connectivity index (χ0n) is 12.7. The van der Waals surface area contributed by atoms with E-state index in [4.69, 9.17) is 20.9 Å². The summed E-state index contributed by atoms with van der Waals surface area (Å²) in [5.74, 6) is -0.0449. The molecule has 1 heterocycles. The Hall–Kier alpha value is -1.86. The third-order valence-corrected chi connectivity index (χ3v) is 2.88.